The van der Waals surface area contributed by atoms with Crippen LogP contribution >= 0.6 is 0 Å². The molecule has 1 aromatic rings. The lowest BCUT2D eigenvalue weighted by molar-refractivity contribution is 0.191. The van der Waals surface area contributed by atoms with Crippen LogP contribution in [0.15, 0.2) is 29.2 Å². The number of sulfonamides is 1. The molecule has 1 heterocycles. The molecule has 0 bridgehead atoms. The molecular formula is C18H30N2O2S. The normalized spacial score (nSPS) is 17.7. The summed E-state index contributed by atoms with van der Waals surface area (Å²) < 4.78 is 27.3. The van der Waals surface area contributed by atoms with E-state index in [-0.39, 0.29) is 0 Å². The van der Waals surface area contributed by atoms with Crippen molar-refractivity contribution in [3.05, 3.63) is 29.8 Å². The highest BCUT2D eigenvalue weighted by Gasteiger charge is 2.16. The summed E-state index contributed by atoms with van der Waals surface area (Å²) in [6.45, 7) is 10.3. The van der Waals surface area contributed by atoms with Crippen LogP contribution in [0, 0.1) is 5.92 Å². The summed E-state index contributed by atoms with van der Waals surface area (Å²) in [6.07, 6.45) is 3.37. The van der Waals surface area contributed by atoms with E-state index in [1.807, 2.05) is 12.1 Å². The Labute approximate surface area is 141 Å². The predicted octanol–water partition coefficient (Wildman–Crippen LogP) is 3.21. The Morgan fingerprint density at radius 1 is 1.17 bits per heavy atom. The third-order valence-corrected chi connectivity index (χ3v) is 6.15. The highest BCUT2D eigenvalue weighted by Crippen LogP contribution is 2.18. The third kappa shape index (κ3) is 5.59. The second kappa shape index (κ2) is 8.27. The molecule has 1 fully saturated rings. The molecule has 1 N–H and O–H groups in total. The minimum absolute atomic E-state index is 0.355. The van der Waals surface area contributed by atoms with Crippen molar-refractivity contribution in [2.75, 3.05) is 26.2 Å². The quantitative estimate of drug-likeness (QED) is 0.777. The van der Waals surface area contributed by atoms with Crippen LogP contribution in [-0.4, -0.2) is 39.5 Å². The van der Waals surface area contributed by atoms with Crippen molar-refractivity contribution < 1.29 is 8.42 Å². The zero-order valence-corrected chi connectivity index (χ0v) is 15.4. The monoisotopic (exact) mass is 338 g/mol. The van der Waals surface area contributed by atoms with E-state index in [0.29, 0.717) is 17.4 Å². The number of nitrogens with zero attached hydrogens (tertiary/aromatic N) is 1. The van der Waals surface area contributed by atoms with E-state index in [0.717, 1.165) is 37.5 Å². The average molecular weight is 339 g/mol. The average Bonchev–Trinajstić information content (AvgIpc) is 2.53. The van der Waals surface area contributed by atoms with Gasteiger partial charge in [-0.05, 0) is 68.4 Å². The van der Waals surface area contributed by atoms with E-state index in [4.69, 9.17) is 0 Å². The molecule has 5 heteroatoms. The lowest BCUT2D eigenvalue weighted by atomic mass is 9.99. The lowest BCUT2D eigenvalue weighted by Crippen LogP contribution is -2.35. The second-order valence-corrected chi connectivity index (χ2v) is 8.77. The first-order valence-corrected chi connectivity index (χ1v) is 10.2. The fraction of sp³-hybridized carbons (Fsp3) is 0.667. The molecule has 0 radical (unpaired) electrons. The van der Waals surface area contributed by atoms with Gasteiger partial charge >= 0.3 is 0 Å². The SMILES string of the molecule is CC1CCN(CCCNS(=O)(=O)c2ccc(C(C)C)cc2)CC1. The second-order valence-electron chi connectivity index (χ2n) is 7.00. The minimum atomic E-state index is -3.38. The van der Waals surface area contributed by atoms with Crippen molar-refractivity contribution in [3.63, 3.8) is 0 Å². The molecule has 4 nitrogen and oxygen atoms in total. The van der Waals surface area contributed by atoms with E-state index in [2.05, 4.69) is 30.4 Å². The van der Waals surface area contributed by atoms with Gasteiger partial charge in [0.1, 0.15) is 0 Å². The maximum atomic E-state index is 12.3. The number of likely N-dealkylation sites (tertiary alicyclic amines) is 1. The minimum Gasteiger partial charge on any atom is -0.303 e. The largest absolute Gasteiger partial charge is 0.303 e. The number of hydrogen-bond acceptors (Lipinski definition) is 3. The predicted molar refractivity (Wildman–Crippen MR) is 95.2 cm³/mol. The Balaban J connectivity index is 1.77. The first kappa shape index (κ1) is 18.4. The van der Waals surface area contributed by atoms with E-state index in [1.165, 1.54) is 12.8 Å². The van der Waals surface area contributed by atoms with Gasteiger partial charge in [0.15, 0.2) is 0 Å². The third-order valence-electron chi connectivity index (χ3n) is 4.68. The Kier molecular flexibility index (Phi) is 6.62. The zero-order valence-electron chi connectivity index (χ0n) is 14.6. The van der Waals surface area contributed by atoms with Gasteiger partial charge in [0, 0.05) is 6.54 Å². The van der Waals surface area contributed by atoms with Crippen LogP contribution < -0.4 is 4.72 Å². The molecule has 0 unspecified atom stereocenters. The Morgan fingerprint density at radius 3 is 2.35 bits per heavy atom. The Hall–Kier alpha value is -0.910. The standard InChI is InChI=1S/C18H30N2O2S/c1-15(2)17-5-7-18(8-6-17)23(21,22)19-11-4-12-20-13-9-16(3)10-14-20/h5-8,15-16,19H,4,9-14H2,1-3H3. The Morgan fingerprint density at radius 2 is 1.78 bits per heavy atom. The van der Waals surface area contributed by atoms with Gasteiger partial charge < -0.3 is 4.90 Å². The number of benzene rings is 1. The van der Waals surface area contributed by atoms with Crippen LogP contribution in [0.4, 0.5) is 0 Å². The molecule has 2 rings (SSSR count). The molecule has 0 amide bonds. The van der Waals surface area contributed by atoms with Crippen LogP contribution in [0.1, 0.15) is 51.5 Å². The van der Waals surface area contributed by atoms with Crippen LogP contribution in [-0.2, 0) is 10.0 Å². The lowest BCUT2D eigenvalue weighted by Gasteiger charge is -2.30. The van der Waals surface area contributed by atoms with Gasteiger partial charge in [0.05, 0.1) is 4.90 Å². The van der Waals surface area contributed by atoms with Gasteiger partial charge in [0.2, 0.25) is 10.0 Å². The van der Waals surface area contributed by atoms with Crippen LogP contribution in [0.3, 0.4) is 0 Å². The summed E-state index contributed by atoms with van der Waals surface area (Å²) in [7, 11) is -3.38. The van der Waals surface area contributed by atoms with Crippen molar-refractivity contribution in [3.8, 4) is 0 Å². The topological polar surface area (TPSA) is 49.4 Å². The molecule has 0 atom stereocenters. The van der Waals surface area contributed by atoms with E-state index in [9.17, 15) is 8.42 Å². The summed E-state index contributed by atoms with van der Waals surface area (Å²) in [5.41, 5.74) is 1.16. The molecule has 1 aromatic carbocycles. The van der Waals surface area contributed by atoms with Crippen LogP contribution in [0.5, 0.6) is 0 Å². The molecule has 23 heavy (non-hydrogen) atoms. The van der Waals surface area contributed by atoms with Crippen LogP contribution in [0.2, 0.25) is 0 Å². The number of rotatable bonds is 7. The van der Waals surface area contributed by atoms with Crippen LogP contribution in [0.25, 0.3) is 0 Å². The van der Waals surface area contributed by atoms with Gasteiger partial charge in [-0.25, -0.2) is 13.1 Å². The zero-order chi connectivity index (χ0) is 16.9. The molecule has 1 saturated heterocycles. The van der Waals surface area contributed by atoms with Crippen molar-refractivity contribution in [2.24, 2.45) is 5.92 Å². The highest BCUT2D eigenvalue weighted by atomic mass is 32.2. The van der Waals surface area contributed by atoms with Gasteiger partial charge in [-0.3, -0.25) is 0 Å². The molecule has 1 aliphatic heterocycles. The smallest absolute Gasteiger partial charge is 0.240 e. The summed E-state index contributed by atoms with van der Waals surface area (Å²) in [5, 5.41) is 0. The molecule has 0 saturated carbocycles. The molecule has 0 aromatic heterocycles. The molecule has 0 aliphatic carbocycles. The van der Waals surface area contributed by atoms with Gasteiger partial charge in [-0.1, -0.05) is 32.9 Å². The first-order valence-electron chi connectivity index (χ1n) is 8.70. The fourth-order valence-corrected chi connectivity index (χ4v) is 3.98. The number of nitrogens with one attached hydrogen (secondary N) is 1. The number of hydrogen-bond donors (Lipinski definition) is 1. The maximum Gasteiger partial charge on any atom is 0.240 e. The van der Waals surface area contributed by atoms with Gasteiger partial charge in [-0.15, -0.1) is 0 Å². The van der Waals surface area contributed by atoms with Crippen molar-refractivity contribution >= 4 is 10.0 Å². The summed E-state index contributed by atoms with van der Waals surface area (Å²) in [5.74, 6) is 1.24. The van der Waals surface area contributed by atoms with Crippen molar-refractivity contribution in [1.29, 1.82) is 0 Å². The first-order chi connectivity index (χ1) is 10.9. The molecule has 1 aliphatic rings. The van der Waals surface area contributed by atoms with E-state index in [1.54, 1.807) is 12.1 Å². The highest BCUT2D eigenvalue weighted by molar-refractivity contribution is 7.89. The van der Waals surface area contributed by atoms with E-state index >= 15 is 0 Å². The number of piperidine rings is 1. The summed E-state index contributed by atoms with van der Waals surface area (Å²) >= 11 is 0. The van der Waals surface area contributed by atoms with Gasteiger partial charge in [0.25, 0.3) is 0 Å². The maximum absolute atomic E-state index is 12.3. The van der Waals surface area contributed by atoms with Crippen molar-refractivity contribution in [2.45, 2.75) is 50.8 Å². The summed E-state index contributed by atoms with van der Waals surface area (Å²) in [4.78, 5) is 2.79. The molecule has 130 valence electrons. The fourth-order valence-electron chi connectivity index (χ4n) is 2.91. The molecule has 0 spiro atoms. The summed E-state index contributed by atoms with van der Waals surface area (Å²) in [6, 6.07) is 7.19. The van der Waals surface area contributed by atoms with Gasteiger partial charge in [-0.2, -0.15) is 0 Å². The molecular weight excluding hydrogens is 308 g/mol. The van der Waals surface area contributed by atoms with Crippen molar-refractivity contribution in [1.82, 2.24) is 9.62 Å². The Bertz CT molecular complexity index is 574. The van der Waals surface area contributed by atoms with E-state index < -0.39 is 10.0 Å².